The van der Waals surface area contributed by atoms with Crippen molar-refractivity contribution in [2.24, 2.45) is 5.14 Å². The van der Waals surface area contributed by atoms with Crippen LogP contribution in [0, 0.1) is 0 Å². The summed E-state index contributed by atoms with van der Waals surface area (Å²) in [6.07, 6.45) is -3.13. The lowest BCUT2D eigenvalue weighted by atomic mass is 10.1. The van der Waals surface area contributed by atoms with Gasteiger partial charge in [0, 0.05) is 44.6 Å². The molecule has 11 heteroatoms. The minimum atomic E-state index is -4.82. The molecule has 0 bridgehead atoms. The molecule has 2 N–H and O–H groups in total. The Morgan fingerprint density at radius 1 is 1.11 bits per heavy atom. The fourth-order valence-electron chi connectivity index (χ4n) is 3.11. The summed E-state index contributed by atoms with van der Waals surface area (Å²) in [4.78, 5) is 7.06. The van der Waals surface area contributed by atoms with Crippen LogP contribution in [-0.2, 0) is 22.7 Å². The Kier molecular flexibility index (Phi) is 5.85. The Labute approximate surface area is 165 Å². The summed E-state index contributed by atoms with van der Waals surface area (Å²) >= 11 is 5.77. The molecule has 1 aromatic carbocycles. The summed E-state index contributed by atoms with van der Waals surface area (Å²) in [6.45, 7) is 2.96. The van der Waals surface area contributed by atoms with Crippen molar-refractivity contribution in [2.75, 3.05) is 31.1 Å². The van der Waals surface area contributed by atoms with Gasteiger partial charge in [-0.25, -0.2) is 18.5 Å². The number of anilines is 1. The standard InChI is InChI=1S/C17H18ClF3N4O2S/c18-16-4-1-12(10-23-16)11-24-5-7-25(8-6-24)13-2-3-15(28(22,26)27)14(9-13)17(19,20)21/h1-4,9-10H,5-8,11H2,(H2,22,26,27). The second-order valence-electron chi connectivity index (χ2n) is 6.48. The highest BCUT2D eigenvalue weighted by molar-refractivity contribution is 7.89. The van der Waals surface area contributed by atoms with E-state index in [0.29, 0.717) is 43.6 Å². The Morgan fingerprint density at radius 3 is 2.32 bits per heavy atom. The molecule has 0 unspecified atom stereocenters. The van der Waals surface area contributed by atoms with Crippen LogP contribution in [0.1, 0.15) is 11.1 Å². The van der Waals surface area contributed by atoms with Crippen LogP contribution >= 0.6 is 11.6 Å². The molecule has 28 heavy (non-hydrogen) atoms. The van der Waals surface area contributed by atoms with E-state index in [1.807, 2.05) is 6.07 Å². The van der Waals surface area contributed by atoms with Crippen molar-refractivity contribution in [1.29, 1.82) is 0 Å². The normalized spacial score (nSPS) is 16.4. The third kappa shape index (κ3) is 4.93. The molecule has 1 saturated heterocycles. The van der Waals surface area contributed by atoms with Crippen LogP contribution in [0.2, 0.25) is 5.15 Å². The highest BCUT2D eigenvalue weighted by Crippen LogP contribution is 2.36. The van der Waals surface area contributed by atoms with Crippen molar-refractivity contribution in [3.05, 3.63) is 52.8 Å². The van der Waals surface area contributed by atoms with Gasteiger partial charge in [0.05, 0.1) is 10.5 Å². The molecule has 2 aromatic rings. The third-order valence-corrected chi connectivity index (χ3v) is 5.70. The van der Waals surface area contributed by atoms with Crippen LogP contribution in [0.15, 0.2) is 41.4 Å². The first kappa shape index (κ1) is 20.8. The molecule has 0 amide bonds. The number of nitrogens with zero attached hydrogens (tertiary/aromatic N) is 3. The molecule has 0 radical (unpaired) electrons. The highest BCUT2D eigenvalue weighted by atomic mass is 35.5. The molecular weight excluding hydrogens is 417 g/mol. The second kappa shape index (κ2) is 7.86. The maximum atomic E-state index is 13.3. The molecule has 6 nitrogen and oxygen atoms in total. The van der Waals surface area contributed by atoms with Gasteiger partial charge in [-0.05, 0) is 29.8 Å². The van der Waals surface area contributed by atoms with Gasteiger partial charge in [-0.2, -0.15) is 13.2 Å². The molecule has 152 valence electrons. The van der Waals surface area contributed by atoms with Gasteiger partial charge in [-0.3, -0.25) is 4.90 Å². The largest absolute Gasteiger partial charge is 0.417 e. The van der Waals surface area contributed by atoms with Crippen molar-refractivity contribution >= 4 is 27.3 Å². The first-order valence-corrected chi connectivity index (χ1v) is 10.3. The molecule has 2 heterocycles. The minimum Gasteiger partial charge on any atom is -0.369 e. The number of hydrogen-bond acceptors (Lipinski definition) is 5. The van der Waals surface area contributed by atoms with Gasteiger partial charge >= 0.3 is 6.18 Å². The maximum Gasteiger partial charge on any atom is 0.417 e. The highest BCUT2D eigenvalue weighted by Gasteiger charge is 2.37. The topological polar surface area (TPSA) is 79.5 Å². The van der Waals surface area contributed by atoms with E-state index >= 15 is 0 Å². The Morgan fingerprint density at radius 2 is 1.79 bits per heavy atom. The predicted molar refractivity (Wildman–Crippen MR) is 99.6 cm³/mol. The predicted octanol–water partition coefficient (Wildman–Crippen LogP) is 2.72. The Balaban J connectivity index is 1.72. The number of hydrogen-bond donors (Lipinski definition) is 1. The first-order valence-electron chi connectivity index (χ1n) is 8.36. The van der Waals surface area contributed by atoms with Crippen molar-refractivity contribution in [3.8, 4) is 0 Å². The van der Waals surface area contributed by atoms with E-state index < -0.39 is 26.7 Å². The van der Waals surface area contributed by atoms with Crippen LogP contribution in [0.4, 0.5) is 18.9 Å². The van der Waals surface area contributed by atoms with Gasteiger partial charge in [0.15, 0.2) is 0 Å². The first-order chi connectivity index (χ1) is 13.0. The summed E-state index contributed by atoms with van der Waals surface area (Å²) in [6, 6.07) is 6.70. The molecule has 1 aliphatic rings. The second-order valence-corrected chi connectivity index (χ2v) is 8.39. The molecule has 1 aliphatic heterocycles. The molecule has 1 aromatic heterocycles. The van der Waals surface area contributed by atoms with Crippen LogP contribution < -0.4 is 10.0 Å². The zero-order chi connectivity index (χ0) is 20.5. The average Bonchev–Trinajstić information content (AvgIpc) is 2.62. The molecule has 0 spiro atoms. The van der Waals surface area contributed by atoms with Gasteiger partial charge in [0.25, 0.3) is 0 Å². The van der Waals surface area contributed by atoms with Crippen molar-refractivity contribution < 1.29 is 21.6 Å². The number of aromatic nitrogens is 1. The maximum absolute atomic E-state index is 13.3. The lowest BCUT2D eigenvalue weighted by Crippen LogP contribution is -2.46. The third-order valence-electron chi connectivity index (χ3n) is 4.51. The number of primary sulfonamides is 1. The van der Waals surface area contributed by atoms with E-state index in [9.17, 15) is 21.6 Å². The van der Waals surface area contributed by atoms with Crippen molar-refractivity contribution in [2.45, 2.75) is 17.6 Å². The Hall–Kier alpha value is -1.88. The molecule has 0 atom stereocenters. The number of halogens is 4. The summed E-state index contributed by atoms with van der Waals surface area (Å²) < 4.78 is 62.8. The van der Waals surface area contributed by atoms with Crippen molar-refractivity contribution in [3.63, 3.8) is 0 Å². The van der Waals surface area contributed by atoms with E-state index in [4.69, 9.17) is 16.7 Å². The number of pyridine rings is 1. The van der Waals surface area contributed by atoms with E-state index in [1.54, 1.807) is 17.2 Å². The molecular formula is C17H18ClF3N4O2S. The SMILES string of the molecule is NS(=O)(=O)c1ccc(N2CCN(Cc3ccc(Cl)nc3)CC2)cc1C(F)(F)F. The lowest BCUT2D eigenvalue weighted by molar-refractivity contribution is -0.139. The van der Waals surface area contributed by atoms with Crippen LogP contribution in [0.25, 0.3) is 0 Å². The molecule has 3 rings (SSSR count). The number of benzene rings is 1. The zero-order valence-electron chi connectivity index (χ0n) is 14.7. The molecule has 0 aliphatic carbocycles. The van der Waals surface area contributed by atoms with E-state index in [1.165, 1.54) is 6.07 Å². The minimum absolute atomic E-state index is 0.313. The molecule has 1 fully saturated rings. The quantitative estimate of drug-likeness (QED) is 0.748. The van der Waals surface area contributed by atoms with Gasteiger partial charge in [-0.15, -0.1) is 0 Å². The van der Waals surface area contributed by atoms with Crippen LogP contribution in [-0.4, -0.2) is 44.5 Å². The van der Waals surface area contributed by atoms with E-state index in [2.05, 4.69) is 9.88 Å². The lowest BCUT2D eigenvalue weighted by Gasteiger charge is -2.36. The number of nitrogens with two attached hydrogens (primary N) is 1. The van der Waals surface area contributed by atoms with Crippen molar-refractivity contribution in [1.82, 2.24) is 9.88 Å². The number of rotatable bonds is 4. The van der Waals surface area contributed by atoms with Gasteiger partial charge in [0.1, 0.15) is 5.15 Å². The monoisotopic (exact) mass is 434 g/mol. The van der Waals surface area contributed by atoms with Gasteiger partial charge in [0.2, 0.25) is 10.0 Å². The number of piperazine rings is 1. The number of sulfonamides is 1. The van der Waals surface area contributed by atoms with E-state index in [-0.39, 0.29) is 0 Å². The van der Waals surface area contributed by atoms with Crippen LogP contribution in [0.3, 0.4) is 0 Å². The van der Waals surface area contributed by atoms with Gasteiger partial charge < -0.3 is 4.90 Å². The summed E-state index contributed by atoms with van der Waals surface area (Å²) in [5, 5.41) is 5.34. The fraction of sp³-hybridized carbons (Fsp3) is 0.353. The number of alkyl halides is 3. The summed E-state index contributed by atoms with van der Waals surface area (Å²) in [7, 11) is -4.47. The van der Waals surface area contributed by atoms with Crippen LogP contribution in [0.5, 0.6) is 0 Å². The smallest absolute Gasteiger partial charge is 0.369 e. The fourth-order valence-corrected chi connectivity index (χ4v) is 3.96. The zero-order valence-corrected chi connectivity index (χ0v) is 16.2. The van der Waals surface area contributed by atoms with E-state index in [0.717, 1.165) is 17.7 Å². The molecule has 0 saturated carbocycles. The summed E-state index contributed by atoms with van der Waals surface area (Å²) in [5.41, 5.74) is 0.0596. The Bertz CT molecular complexity index is 944. The summed E-state index contributed by atoms with van der Waals surface area (Å²) in [5.74, 6) is 0. The van der Waals surface area contributed by atoms with Gasteiger partial charge in [-0.1, -0.05) is 17.7 Å². The average molecular weight is 435 g/mol.